The maximum atomic E-state index is 8.68. The van der Waals surface area contributed by atoms with Gasteiger partial charge in [0.2, 0.25) is 0 Å². The van der Waals surface area contributed by atoms with Crippen LogP contribution in [0.1, 0.15) is 32.1 Å². The van der Waals surface area contributed by atoms with Crippen LogP contribution in [0.4, 0.5) is 0 Å². The Morgan fingerprint density at radius 1 is 1.50 bits per heavy atom. The minimum absolute atomic E-state index is 0.326. The summed E-state index contributed by atoms with van der Waals surface area (Å²) in [6, 6.07) is 2.81. The zero-order valence-electron chi connectivity index (χ0n) is 8.59. The SMILES string of the molecule is N#CCC1(CNC2CCCOC2)CC1. The van der Waals surface area contributed by atoms with Crippen molar-refractivity contribution in [1.29, 1.82) is 5.26 Å². The highest BCUT2D eigenvalue weighted by Crippen LogP contribution is 2.47. The second-order valence-corrected chi connectivity index (χ2v) is 4.63. The summed E-state index contributed by atoms with van der Waals surface area (Å²) in [7, 11) is 0. The van der Waals surface area contributed by atoms with Crippen molar-refractivity contribution in [1.82, 2.24) is 5.32 Å². The van der Waals surface area contributed by atoms with Gasteiger partial charge in [0, 0.05) is 25.6 Å². The first kappa shape index (κ1) is 9.95. The number of nitriles is 1. The van der Waals surface area contributed by atoms with Crippen LogP contribution in [-0.2, 0) is 4.74 Å². The van der Waals surface area contributed by atoms with Gasteiger partial charge < -0.3 is 10.1 Å². The third-order valence-electron chi connectivity index (χ3n) is 3.34. The van der Waals surface area contributed by atoms with Gasteiger partial charge in [-0.25, -0.2) is 0 Å². The van der Waals surface area contributed by atoms with Crippen LogP contribution in [0.25, 0.3) is 0 Å². The molecule has 1 aliphatic carbocycles. The highest BCUT2D eigenvalue weighted by molar-refractivity contribution is 5.01. The fourth-order valence-corrected chi connectivity index (χ4v) is 2.02. The number of nitrogens with zero attached hydrogens (tertiary/aromatic N) is 1. The summed E-state index contributed by atoms with van der Waals surface area (Å²) < 4.78 is 5.40. The normalized spacial score (nSPS) is 29.5. The molecule has 1 N–H and O–H groups in total. The zero-order valence-corrected chi connectivity index (χ0v) is 8.59. The molecule has 0 radical (unpaired) electrons. The zero-order chi connectivity index (χ0) is 9.86. The van der Waals surface area contributed by atoms with E-state index >= 15 is 0 Å². The fourth-order valence-electron chi connectivity index (χ4n) is 2.02. The Morgan fingerprint density at radius 3 is 2.93 bits per heavy atom. The summed E-state index contributed by atoms with van der Waals surface area (Å²) >= 11 is 0. The van der Waals surface area contributed by atoms with Crippen molar-refractivity contribution in [3.63, 3.8) is 0 Å². The number of ether oxygens (including phenoxy) is 1. The maximum absolute atomic E-state index is 8.68. The van der Waals surface area contributed by atoms with Gasteiger partial charge in [0.15, 0.2) is 0 Å². The first-order chi connectivity index (χ1) is 6.85. The van der Waals surface area contributed by atoms with Crippen LogP contribution in [0.15, 0.2) is 0 Å². The molecule has 3 nitrogen and oxygen atoms in total. The molecule has 1 unspecified atom stereocenters. The van der Waals surface area contributed by atoms with E-state index in [1.54, 1.807) is 0 Å². The van der Waals surface area contributed by atoms with E-state index in [9.17, 15) is 0 Å². The van der Waals surface area contributed by atoms with Crippen molar-refractivity contribution in [2.45, 2.75) is 38.1 Å². The second kappa shape index (κ2) is 4.29. The average molecular weight is 194 g/mol. The summed E-state index contributed by atoms with van der Waals surface area (Å²) in [5.74, 6) is 0. The molecule has 2 aliphatic rings. The molecular formula is C11H18N2O. The molecule has 0 aromatic rings. The molecule has 0 aromatic heterocycles. The van der Waals surface area contributed by atoms with Crippen molar-refractivity contribution >= 4 is 0 Å². The molecule has 1 atom stereocenters. The first-order valence-corrected chi connectivity index (χ1v) is 5.53. The Balaban J connectivity index is 1.69. The molecule has 0 spiro atoms. The smallest absolute Gasteiger partial charge is 0.0628 e. The van der Waals surface area contributed by atoms with E-state index in [-0.39, 0.29) is 0 Å². The van der Waals surface area contributed by atoms with Gasteiger partial charge in [-0.15, -0.1) is 0 Å². The van der Waals surface area contributed by atoms with E-state index in [1.165, 1.54) is 25.7 Å². The number of hydrogen-bond donors (Lipinski definition) is 1. The van der Waals surface area contributed by atoms with E-state index in [0.29, 0.717) is 17.9 Å². The molecular weight excluding hydrogens is 176 g/mol. The van der Waals surface area contributed by atoms with Gasteiger partial charge in [-0.2, -0.15) is 5.26 Å². The molecule has 0 bridgehead atoms. The third kappa shape index (κ3) is 2.46. The topological polar surface area (TPSA) is 45.0 Å². The number of rotatable bonds is 4. The van der Waals surface area contributed by atoms with Crippen molar-refractivity contribution < 1.29 is 4.74 Å². The van der Waals surface area contributed by atoms with Gasteiger partial charge in [-0.3, -0.25) is 0 Å². The molecule has 1 heterocycles. The van der Waals surface area contributed by atoms with Crippen LogP contribution in [0, 0.1) is 16.7 Å². The molecule has 1 saturated carbocycles. The van der Waals surface area contributed by atoms with Crippen LogP contribution in [0.3, 0.4) is 0 Å². The number of nitrogens with one attached hydrogen (secondary N) is 1. The number of hydrogen-bond acceptors (Lipinski definition) is 3. The minimum atomic E-state index is 0.326. The van der Waals surface area contributed by atoms with Gasteiger partial charge in [0.1, 0.15) is 0 Å². The molecule has 14 heavy (non-hydrogen) atoms. The summed E-state index contributed by atoms with van der Waals surface area (Å²) in [6.07, 6.45) is 5.56. The monoisotopic (exact) mass is 194 g/mol. The summed E-state index contributed by atoms with van der Waals surface area (Å²) in [6.45, 7) is 2.78. The predicted molar refractivity (Wildman–Crippen MR) is 53.7 cm³/mol. The molecule has 0 amide bonds. The molecule has 0 aromatic carbocycles. The lowest BCUT2D eigenvalue weighted by Gasteiger charge is -2.25. The van der Waals surface area contributed by atoms with Crippen LogP contribution in [0.5, 0.6) is 0 Å². The van der Waals surface area contributed by atoms with Gasteiger partial charge in [-0.05, 0) is 31.1 Å². The van der Waals surface area contributed by atoms with Crippen LogP contribution in [-0.4, -0.2) is 25.8 Å². The van der Waals surface area contributed by atoms with Crippen molar-refractivity contribution in [2.75, 3.05) is 19.8 Å². The van der Waals surface area contributed by atoms with Crippen molar-refractivity contribution in [2.24, 2.45) is 5.41 Å². The Labute approximate surface area is 85.4 Å². The molecule has 78 valence electrons. The molecule has 2 rings (SSSR count). The molecule has 1 aliphatic heterocycles. The Morgan fingerprint density at radius 2 is 2.36 bits per heavy atom. The summed E-state index contributed by atoms with van der Waals surface area (Å²) in [5.41, 5.74) is 0.326. The molecule has 2 fully saturated rings. The van der Waals surface area contributed by atoms with Gasteiger partial charge in [0.25, 0.3) is 0 Å². The summed E-state index contributed by atoms with van der Waals surface area (Å²) in [5, 5.41) is 12.2. The predicted octanol–water partition coefficient (Wildman–Crippen LogP) is 1.45. The highest BCUT2D eigenvalue weighted by Gasteiger charge is 2.42. The van der Waals surface area contributed by atoms with Gasteiger partial charge in [-0.1, -0.05) is 0 Å². The van der Waals surface area contributed by atoms with E-state index in [4.69, 9.17) is 10.00 Å². The Hall–Kier alpha value is -0.590. The standard InChI is InChI=1S/C11H18N2O/c12-6-5-11(3-4-11)9-13-10-2-1-7-14-8-10/h10,13H,1-5,7-9H2. The fraction of sp³-hybridized carbons (Fsp3) is 0.909. The van der Waals surface area contributed by atoms with E-state index in [0.717, 1.165) is 19.8 Å². The van der Waals surface area contributed by atoms with Gasteiger partial charge >= 0.3 is 0 Å². The van der Waals surface area contributed by atoms with E-state index in [2.05, 4.69) is 11.4 Å². The molecule has 1 saturated heterocycles. The third-order valence-corrected chi connectivity index (χ3v) is 3.34. The van der Waals surface area contributed by atoms with E-state index in [1.807, 2.05) is 0 Å². The lowest BCUT2D eigenvalue weighted by molar-refractivity contribution is 0.0687. The van der Waals surface area contributed by atoms with Crippen LogP contribution < -0.4 is 5.32 Å². The van der Waals surface area contributed by atoms with Gasteiger partial charge in [0.05, 0.1) is 12.7 Å². The van der Waals surface area contributed by atoms with Crippen molar-refractivity contribution in [3.8, 4) is 6.07 Å². The largest absolute Gasteiger partial charge is 0.380 e. The first-order valence-electron chi connectivity index (χ1n) is 5.53. The highest BCUT2D eigenvalue weighted by atomic mass is 16.5. The second-order valence-electron chi connectivity index (χ2n) is 4.63. The Bertz CT molecular complexity index is 224. The maximum Gasteiger partial charge on any atom is 0.0628 e. The van der Waals surface area contributed by atoms with Crippen LogP contribution in [0.2, 0.25) is 0 Å². The van der Waals surface area contributed by atoms with Crippen molar-refractivity contribution in [3.05, 3.63) is 0 Å². The van der Waals surface area contributed by atoms with E-state index < -0.39 is 0 Å². The minimum Gasteiger partial charge on any atom is -0.380 e. The Kier molecular flexibility index (Phi) is 3.05. The molecule has 3 heteroatoms. The lowest BCUT2D eigenvalue weighted by atomic mass is 10.0. The summed E-state index contributed by atoms with van der Waals surface area (Å²) in [4.78, 5) is 0. The van der Waals surface area contributed by atoms with Crippen LogP contribution >= 0.6 is 0 Å². The lowest BCUT2D eigenvalue weighted by Crippen LogP contribution is -2.39. The average Bonchev–Trinajstić information content (AvgIpc) is 2.98. The quantitative estimate of drug-likeness (QED) is 0.736.